The zero-order chi connectivity index (χ0) is 14.7. The van der Waals surface area contributed by atoms with E-state index in [4.69, 9.17) is 0 Å². The standard InChI is InChI=1S/C16H21FN2OS/c17-13-8-4-7-12-14(9-10-21-15(12)13)19-16(20)18-11-5-2-1-3-6-11/h4,7-8,11,14H,1-3,5-6,9-10H2,(H2,18,19,20). The van der Waals surface area contributed by atoms with Crippen LogP contribution in [0, 0.1) is 5.82 Å². The molecule has 5 heteroatoms. The average molecular weight is 308 g/mol. The lowest BCUT2D eigenvalue weighted by atomic mass is 9.96. The predicted molar refractivity (Wildman–Crippen MR) is 83.0 cm³/mol. The van der Waals surface area contributed by atoms with Crippen LogP contribution < -0.4 is 10.6 Å². The highest BCUT2D eigenvalue weighted by Crippen LogP contribution is 2.37. The van der Waals surface area contributed by atoms with E-state index in [1.165, 1.54) is 37.1 Å². The minimum Gasteiger partial charge on any atom is -0.335 e. The molecule has 1 aromatic carbocycles. The van der Waals surface area contributed by atoms with Crippen molar-refractivity contribution in [3.05, 3.63) is 29.6 Å². The van der Waals surface area contributed by atoms with Crippen LogP contribution in [0.2, 0.25) is 0 Å². The molecular formula is C16H21FN2OS. The van der Waals surface area contributed by atoms with Crippen molar-refractivity contribution in [1.29, 1.82) is 0 Å². The summed E-state index contributed by atoms with van der Waals surface area (Å²) in [5, 5.41) is 6.08. The molecule has 3 nitrogen and oxygen atoms in total. The van der Waals surface area contributed by atoms with Gasteiger partial charge in [-0.25, -0.2) is 9.18 Å². The lowest BCUT2D eigenvalue weighted by molar-refractivity contribution is 0.228. The Labute approximate surface area is 129 Å². The van der Waals surface area contributed by atoms with Gasteiger partial charge < -0.3 is 10.6 Å². The van der Waals surface area contributed by atoms with Crippen LogP contribution in [0.1, 0.15) is 50.1 Å². The molecule has 21 heavy (non-hydrogen) atoms. The predicted octanol–water partition coefficient (Wildman–Crippen LogP) is 3.99. The molecule has 0 aromatic heterocycles. The molecule has 1 heterocycles. The van der Waals surface area contributed by atoms with Crippen LogP contribution in [0.3, 0.4) is 0 Å². The van der Waals surface area contributed by atoms with Gasteiger partial charge in [-0.1, -0.05) is 31.4 Å². The fourth-order valence-corrected chi connectivity index (χ4v) is 4.31. The van der Waals surface area contributed by atoms with Gasteiger partial charge in [-0.15, -0.1) is 11.8 Å². The zero-order valence-corrected chi connectivity index (χ0v) is 12.8. The van der Waals surface area contributed by atoms with E-state index in [1.807, 2.05) is 6.07 Å². The van der Waals surface area contributed by atoms with Crippen LogP contribution in [-0.2, 0) is 0 Å². The van der Waals surface area contributed by atoms with Crippen LogP contribution in [-0.4, -0.2) is 17.8 Å². The molecular weight excluding hydrogens is 287 g/mol. The minimum atomic E-state index is -0.184. The first-order valence-electron chi connectivity index (χ1n) is 7.72. The van der Waals surface area contributed by atoms with Gasteiger partial charge in [0, 0.05) is 16.7 Å². The highest BCUT2D eigenvalue weighted by Gasteiger charge is 2.25. The fraction of sp³-hybridized carbons (Fsp3) is 0.562. The number of rotatable bonds is 2. The number of benzene rings is 1. The van der Waals surface area contributed by atoms with Crippen LogP contribution in [0.4, 0.5) is 9.18 Å². The van der Waals surface area contributed by atoms with Crippen LogP contribution >= 0.6 is 11.8 Å². The molecule has 1 aliphatic carbocycles. The van der Waals surface area contributed by atoms with E-state index in [1.54, 1.807) is 6.07 Å². The highest BCUT2D eigenvalue weighted by atomic mass is 32.2. The maximum atomic E-state index is 13.8. The lowest BCUT2D eigenvalue weighted by Gasteiger charge is -2.28. The number of urea groups is 1. The first-order valence-corrected chi connectivity index (χ1v) is 8.71. The summed E-state index contributed by atoms with van der Waals surface area (Å²) in [7, 11) is 0. The number of carbonyl (C=O) groups is 1. The molecule has 114 valence electrons. The van der Waals surface area contributed by atoms with Gasteiger partial charge in [0.2, 0.25) is 0 Å². The molecule has 1 unspecified atom stereocenters. The third-order valence-corrected chi connectivity index (χ3v) is 5.43. The first kappa shape index (κ1) is 14.7. The largest absolute Gasteiger partial charge is 0.335 e. The van der Waals surface area contributed by atoms with Crippen molar-refractivity contribution in [2.24, 2.45) is 0 Å². The highest BCUT2D eigenvalue weighted by molar-refractivity contribution is 7.99. The van der Waals surface area contributed by atoms with E-state index in [0.717, 1.165) is 30.6 Å². The number of amides is 2. The van der Waals surface area contributed by atoms with E-state index in [2.05, 4.69) is 10.6 Å². The summed E-state index contributed by atoms with van der Waals surface area (Å²) in [4.78, 5) is 12.8. The molecule has 1 fully saturated rings. The molecule has 0 saturated heterocycles. The van der Waals surface area contributed by atoms with Crippen molar-refractivity contribution >= 4 is 17.8 Å². The van der Waals surface area contributed by atoms with Crippen LogP contribution in [0.15, 0.2) is 23.1 Å². The summed E-state index contributed by atoms with van der Waals surface area (Å²) in [6.45, 7) is 0. The van der Waals surface area contributed by atoms with Crippen molar-refractivity contribution < 1.29 is 9.18 Å². The molecule has 1 saturated carbocycles. The molecule has 3 rings (SSSR count). The molecule has 1 aromatic rings. The number of fused-ring (bicyclic) bond motifs is 1. The quantitative estimate of drug-likeness (QED) is 0.867. The zero-order valence-electron chi connectivity index (χ0n) is 12.0. The Balaban J connectivity index is 1.63. The Hall–Kier alpha value is -1.23. The Morgan fingerprint density at radius 3 is 2.76 bits per heavy atom. The maximum absolute atomic E-state index is 13.8. The van der Waals surface area contributed by atoms with Gasteiger partial charge in [0.05, 0.1) is 6.04 Å². The molecule has 0 radical (unpaired) electrons. The van der Waals surface area contributed by atoms with E-state index < -0.39 is 0 Å². The number of carbonyl (C=O) groups excluding carboxylic acids is 1. The summed E-state index contributed by atoms with van der Waals surface area (Å²) < 4.78 is 13.8. The van der Waals surface area contributed by atoms with Crippen molar-refractivity contribution in [3.8, 4) is 0 Å². The Kier molecular flexibility index (Phi) is 4.68. The molecule has 2 aliphatic rings. The maximum Gasteiger partial charge on any atom is 0.315 e. The second kappa shape index (κ2) is 6.69. The summed E-state index contributed by atoms with van der Waals surface area (Å²) in [6, 6.07) is 5.21. The van der Waals surface area contributed by atoms with Gasteiger partial charge in [0.15, 0.2) is 0 Å². The summed E-state index contributed by atoms with van der Waals surface area (Å²) in [6.07, 6.45) is 6.64. The lowest BCUT2D eigenvalue weighted by Crippen LogP contribution is -2.44. The third-order valence-electron chi connectivity index (χ3n) is 4.27. The van der Waals surface area contributed by atoms with Crippen molar-refractivity contribution in [2.75, 3.05) is 5.75 Å². The number of halogens is 1. The normalized spacial score (nSPS) is 22.4. The monoisotopic (exact) mass is 308 g/mol. The molecule has 2 N–H and O–H groups in total. The topological polar surface area (TPSA) is 41.1 Å². The number of nitrogens with one attached hydrogen (secondary N) is 2. The first-order chi connectivity index (χ1) is 10.2. The van der Waals surface area contributed by atoms with Gasteiger partial charge in [-0.3, -0.25) is 0 Å². The van der Waals surface area contributed by atoms with E-state index in [9.17, 15) is 9.18 Å². The van der Waals surface area contributed by atoms with Gasteiger partial charge in [-0.05, 0) is 30.9 Å². The van der Waals surface area contributed by atoms with Gasteiger partial charge in [0.1, 0.15) is 5.82 Å². The second-order valence-corrected chi connectivity index (χ2v) is 6.91. The number of hydrogen-bond donors (Lipinski definition) is 2. The SMILES string of the molecule is O=C(NC1CCCCC1)NC1CCSc2c(F)cccc21. The van der Waals surface area contributed by atoms with Gasteiger partial charge >= 0.3 is 6.03 Å². The fourth-order valence-electron chi connectivity index (χ4n) is 3.17. The minimum absolute atomic E-state index is 0.0828. The molecule has 1 atom stereocenters. The van der Waals surface area contributed by atoms with E-state index in [0.29, 0.717) is 10.9 Å². The Morgan fingerprint density at radius 2 is 1.95 bits per heavy atom. The number of thioether (sulfide) groups is 1. The molecule has 2 amide bonds. The van der Waals surface area contributed by atoms with Gasteiger partial charge in [0.25, 0.3) is 0 Å². The van der Waals surface area contributed by atoms with Crippen molar-refractivity contribution in [2.45, 2.75) is 55.5 Å². The second-order valence-electron chi connectivity index (χ2n) is 5.80. The Morgan fingerprint density at radius 1 is 1.14 bits per heavy atom. The smallest absolute Gasteiger partial charge is 0.315 e. The van der Waals surface area contributed by atoms with Crippen LogP contribution in [0.25, 0.3) is 0 Å². The van der Waals surface area contributed by atoms with E-state index in [-0.39, 0.29) is 17.9 Å². The molecule has 1 aliphatic heterocycles. The molecule has 0 bridgehead atoms. The van der Waals surface area contributed by atoms with Gasteiger partial charge in [-0.2, -0.15) is 0 Å². The average Bonchev–Trinajstić information content (AvgIpc) is 2.49. The van der Waals surface area contributed by atoms with Crippen molar-refractivity contribution in [1.82, 2.24) is 10.6 Å². The summed E-state index contributed by atoms with van der Waals surface area (Å²) in [5.41, 5.74) is 0.907. The van der Waals surface area contributed by atoms with E-state index >= 15 is 0 Å². The van der Waals surface area contributed by atoms with Crippen LogP contribution in [0.5, 0.6) is 0 Å². The third kappa shape index (κ3) is 3.51. The summed E-state index contributed by atoms with van der Waals surface area (Å²) in [5.74, 6) is 0.652. The Bertz CT molecular complexity index is 517. The van der Waals surface area contributed by atoms with Crippen molar-refractivity contribution in [3.63, 3.8) is 0 Å². The molecule has 0 spiro atoms. The number of hydrogen-bond acceptors (Lipinski definition) is 2. The summed E-state index contributed by atoms with van der Waals surface area (Å²) >= 11 is 1.54.